The number of ether oxygens (including phenoxy) is 1. The van der Waals surface area contributed by atoms with E-state index < -0.39 is 10.0 Å². The molecule has 0 bridgehead atoms. The maximum absolute atomic E-state index is 13.3. The maximum atomic E-state index is 13.3. The van der Waals surface area contributed by atoms with Crippen LogP contribution in [0.3, 0.4) is 0 Å². The summed E-state index contributed by atoms with van der Waals surface area (Å²) in [5.41, 5.74) is 1.26. The lowest BCUT2D eigenvalue weighted by Crippen LogP contribution is -2.44. The van der Waals surface area contributed by atoms with Gasteiger partial charge >= 0.3 is 0 Å². The quantitative estimate of drug-likeness (QED) is 0.651. The van der Waals surface area contributed by atoms with Crippen molar-refractivity contribution < 1.29 is 17.9 Å². The molecule has 0 aliphatic carbocycles. The molecule has 2 aliphatic rings. The van der Waals surface area contributed by atoms with Crippen LogP contribution in [0.15, 0.2) is 53.4 Å². The van der Waals surface area contributed by atoms with Crippen LogP contribution in [0, 0.1) is 0 Å². The lowest BCUT2D eigenvalue weighted by Gasteiger charge is -2.38. The Balaban J connectivity index is 1.54. The SMILES string of the molecule is O=C(NCC1(c2ccccc2)CCOCC1)c1ccc(Cl)c(S(=O)(=O)N2CCCCCC2)c1. The summed E-state index contributed by atoms with van der Waals surface area (Å²) in [6.45, 7) is 2.71. The summed E-state index contributed by atoms with van der Waals surface area (Å²) in [5, 5.41) is 3.19. The highest BCUT2D eigenvalue weighted by molar-refractivity contribution is 7.89. The van der Waals surface area contributed by atoms with Crippen molar-refractivity contribution >= 4 is 27.5 Å². The van der Waals surface area contributed by atoms with Crippen molar-refractivity contribution in [3.05, 3.63) is 64.7 Å². The summed E-state index contributed by atoms with van der Waals surface area (Å²) >= 11 is 6.30. The Labute approximate surface area is 201 Å². The molecule has 0 radical (unpaired) electrons. The molecule has 0 spiro atoms. The summed E-state index contributed by atoms with van der Waals surface area (Å²) in [6, 6.07) is 14.7. The van der Waals surface area contributed by atoms with Crippen LogP contribution in [0.5, 0.6) is 0 Å². The number of amides is 1. The fraction of sp³-hybridized carbons (Fsp3) is 0.480. The standard InChI is InChI=1S/C25H31ClN2O4S/c26-22-11-10-20(18-23(22)33(30,31)28-14-6-1-2-7-15-28)24(29)27-19-25(12-16-32-17-13-25)21-8-4-3-5-9-21/h3-5,8-11,18H,1-2,6-7,12-17,19H2,(H,27,29). The van der Waals surface area contributed by atoms with Crippen LogP contribution in [0.2, 0.25) is 5.02 Å². The number of rotatable bonds is 6. The van der Waals surface area contributed by atoms with E-state index in [-0.39, 0.29) is 21.2 Å². The summed E-state index contributed by atoms with van der Waals surface area (Å²) in [7, 11) is -3.76. The van der Waals surface area contributed by atoms with Crippen molar-refractivity contribution in [1.82, 2.24) is 9.62 Å². The van der Waals surface area contributed by atoms with Crippen LogP contribution in [0.25, 0.3) is 0 Å². The Morgan fingerprint density at radius 2 is 1.67 bits per heavy atom. The predicted octanol–water partition coefficient (Wildman–Crippen LogP) is 4.38. The molecule has 0 saturated carbocycles. The van der Waals surface area contributed by atoms with Crippen LogP contribution >= 0.6 is 11.6 Å². The summed E-state index contributed by atoms with van der Waals surface area (Å²) in [5.74, 6) is -0.305. The summed E-state index contributed by atoms with van der Waals surface area (Å²) in [6.07, 6.45) is 5.34. The molecule has 2 aliphatic heterocycles. The fourth-order valence-electron chi connectivity index (χ4n) is 4.74. The average molecular weight is 491 g/mol. The first-order chi connectivity index (χ1) is 15.9. The van der Waals surface area contributed by atoms with E-state index >= 15 is 0 Å². The van der Waals surface area contributed by atoms with Gasteiger partial charge in [0.05, 0.1) is 5.02 Å². The van der Waals surface area contributed by atoms with E-state index in [9.17, 15) is 13.2 Å². The summed E-state index contributed by atoms with van der Waals surface area (Å²) in [4.78, 5) is 13.1. The topological polar surface area (TPSA) is 75.7 Å². The molecule has 0 atom stereocenters. The van der Waals surface area contributed by atoms with E-state index in [1.165, 1.54) is 22.0 Å². The minimum absolute atomic E-state index is 0.00237. The number of nitrogens with zero attached hydrogens (tertiary/aromatic N) is 1. The molecule has 2 aromatic rings. The third kappa shape index (κ3) is 5.43. The Hall–Kier alpha value is -1.93. The first kappa shape index (κ1) is 24.2. The zero-order valence-corrected chi connectivity index (χ0v) is 20.3. The Morgan fingerprint density at radius 3 is 2.33 bits per heavy atom. The minimum Gasteiger partial charge on any atom is -0.381 e. The number of sulfonamides is 1. The first-order valence-corrected chi connectivity index (χ1v) is 13.5. The van der Waals surface area contributed by atoms with Gasteiger partial charge in [0.1, 0.15) is 4.90 Å². The van der Waals surface area contributed by atoms with Crippen molar-refractivity contribution in [2.24, 2.45) is 0 Å². The van der Waals surface area contributed by atoms with Gasteiger partial charge in [0.25, 0.3) is 5.91 Å². The average Bonchev–Trinajstić information content (AvgIpc) is 3.14. The van der Waals surface area contributed by atoms with Crippen LogP contribution in [-0.2, 0) is 20.2 Å². The van der Waals surface area contributed by atoms with Gasteiger partial charge in [-0.3, -0.25) is 4.79 Å². The highest BCUT2D eigenvalue weighted by Crippen LogP contribution is 2.34. The van der Waals surface area contributed by atoms with Gasteiger partial charge in [-0.2, -0.15) is 4.31 Å². The van der Waals surface area contributed by atoms with Crippen molar-refractivity contribution in [3.63, 3.8) is 0 Å². The molecular formula is C25H31ClN2O4S. The fourth-order valence-corrected chi connectivity index (χ4v) is 6.75. The van der Waals surface area contributed by atoms with Crippen molar-refractivity contribution in [1.29, 1.82) is 0 Å². The molecule has 8 heteroatoms. The van der Waals surface area contributed by atoms with Crippen LogP contribution in [-0.4, -0.2) is 51.5 Å². The van der Waals surface area contributed by atoms with Crippen LogP contribution < -0.4 is 5.32 Å². The Bertz CT molecular complexity index is 1060. The van der Waals surface area contributed by atoms with E-state index in [1.807, 2.05) is 18.2 Å². The zero-order valence-electron chi connectivity index (χ0n) is 18.8. The Kier molecular flexibility index (Phi) is 7.74. The lowest BCUT2D eigenvalue weighted by atomic mass is 9.74. The van der Waals surface area contributed by atoms with Crippen molar-refractivity contribution in [2.75, 3.05) is 32.8 Å². The summed E-state index contributed by atoms with van der Waals surface area (Å²) < 4.78 is 33.6. The first-order valence-electron chi connectivity index (χ1n) is 11.6. The second-order valence-electron chi connectivity index (χ2n) is 8.90. The number of halogens is 1. The van der Waals surface area contributed by atoms with Gasteiger partial charge < -0.3 is 10.1 Å². The molecule has 1 N–H and O–H groups in total. The largest absolute Gasteiger partial charge is 0.381 e. The van der Waals surface area contributed by atoms with Crippen molar-refractivity contribution in [3.8, 4) is 0 Å². The number of benzene rings is 2. The second-order valence-corrected chi connectivity index (χ2v) is 11.2. The molecule has 2 heterocycles. The Morgan fingerprint density at radius 1 is 1.00 bits per heavy atom. The molecule has 0 aromatic heterocycles. The third-order valence-electron chi connectivity index (χ3n) is 6.80. The van der Waals surface area contributed by atoms with Crippen molar-refractivity contribution in [2.45, 2.75) is 48.8 Å². The molecule has 2 saturated heterocycles. The zero-order chi connectivity index (χ0) is 23.3. The second kappa shape index (κ2) is 10.6. The van der Waals surface area contributed by atoms with Gasteiger partial charge in [-0.15, -0.1) is 0 Å². The van der Waals surface area contributed by atoms with Gasteiger partial charge in [-0.25, -0.2) is 8.42 Å². The van der Waals surface area contributed by atoms with E-state index in [0.29, 0.717) is 38.4 Å². The van der Waals surface area contributed by atoms with Gasteiger partial charge in [0.15, 0.2) is 0 Å². The molecular weight excluding hydrogens is 460 g/mol. The van der Waals surface area contributed by atoms with E-state index in [0.717, 1.165) is 38.5 Å². The monoisotopic (exact) mass is 490 g/mol. The predicted molar refractivity (Wildman–Crippen MR) is 129 cm³/mol. The smallest absolute Gasteiger partial charge is 0.251 e. The molecule has 0 unspecified atom stereocenters. The number of hydrogen-bond acceptors (Lipinski definition) is 4. The number of hydrogen-bond donors (Lipinski definition) is 1. The van der Waals surface area contributed by atoms with E-state index in [2.05, 4.69) is 17.4 Å². The number of carbonyl (C=O) groups is 1. The normalized spacial score (nSPS) is 19.5. The molecule has 178 valence electrons. The number of nitrogens with one attached hydrogen (secondary N) is 1. The van der Waals surface area contributed by atoms with Gasteiger partial charge in [0.2, 0.25) is 10.0 Å². The molecule has 2 aromatic carbocycles. The van der Waals surface area contributed by atoms with E-state index in [4.69, 9.17) is 16.3 Å². The van der Waals surface area contributed by atoms with Gasteiger partial charge in [0, 0.05) is 43.8 Å². The van der Waals surface area contributed by atoms with Crippen LogP contribution in [0.1, 0.15) is 54.4 Å². The highest BCUT2D eigenvalue weighted by Gasteiger charge is 2.35. The molecule has 6 nitrogen and oxygen atoms in total. The third-order valence-corrected chi connectivity index (χ3v) is 9.18. The van der Waals surface area contributed by atoms with E-state index in [1.54, 1.807) is 6.07 Å². The molecule has 1 amide bonds. The lowest BCUT2D eigenvalue weighted by molar-refractivity contribution is 0.0487. The number of carbonyl (C=O) groups excluding carboxylic acids is 1. The molecule has 33 heavy (non-hydrogen) atoms. The highest BCUT2D eigenvalue weighted by atomic mass is 35.5. The molecule has 2 fully saturated rings. The maximum Gasteiger partial charge on any atom is 0.251 e. The van der Waals surface area contributed by atoms with Gasteiger partial charge in [-0.05, 0) is 49.4 Å². The van der Waals surface area contributed by atoms with Gasteiger partial charge in [-0.1, -0.05) is 54.8 Å². The van der Waals surface area contributed by atoms with Crippen LogP contribution in [0.4, 0.5) is 0 Å². The minimum atomic E-state index is -3.76. The molecule has 4 rings (SSSR count).